The third-order valence-corrected chi connectivity index (χ3v) is 5.07. The van der Waals surface area contributed by atoms with Gasteiger partial charge in [0.25, 0.3) is 0 Å². The van der Waals surface area contributed by atoms with E-state index >= 15 is 0 Å². The summed E-state index contributed by atoms with van der Waals surface area (Å²) in [6.45, 7) is 2.45. The molecule has 8 nitrogen and oxygen atoms in total. The number of hydrogen-bond acceptors (Lipinski definition) is 4. The van der Waals surface area contributed by atoms with E-state index in [1.807, 2.05) is 67.6 Å². The summed E-state index contributed by atoms with van der Waals surface area (Å²) in [5, 5.41) is 16.6. The monoisotopic (exact) mass is 418 g/mol. The fourth-order valence-corrected chi connectivity index (χ4v) is 3.55. The van der Waals surface area contributed by atoms with Gasteiger partial charge in [-0.25, -0.2) is 9.48 Å². The number of rotatable bonds is 6. The van der Waals surface area contributed by atoms with Crippen molar-refractivity contribution in [2.24, 2.45) is 0 Å². The normalized spacial score (nSPS) is 18.3. The zero-order valence-corrected chi connectivity index (χ0v) is 17.3. The van der Waals surface area contributed by atoms with Gasteiger partial charge in [-0.05, 0) is 18.9 Å². The molecule has 1 aliphatic heterocycles. The third-order valence-electron chi connectivity index (χ3n) is 5.07. The smallest absolute Gasteiger partial charge is 0.320 e. The van der Waals surface area contributed by atoms with Crippen molar-refractivity contribution in [2.75, 3.05) is 11.9 Å². The Kier molecular flexibility index (Phi) is 6.28. The van der Waals surface area contributed by atoms with Crippen molar-refractivity contribution in [3.05, 3.63) is 72.3 Å². The lowest BCUT2D eigenvalue weighted by atomic mass is 10.1. The molecule has 1 fully saturated rings. The Labute approximate surface area is 181 Å². The fraction of sp³-hybridized carbons (Fsp3) is 0.261. The summed E-state index contributed by atoms with van der Waals surface area (Å²) < 4.78 is 1.60. The van der Waals surface area contributed by atoms with E-state index in [4.69, 9.17) is 0 Å². The molecule has 4 rings (SSSR count). The Hall–Kier alpha value is -3.65. The molecule has 2 unspecified atom stereocenters. The van der Waals surface area contributed by atoms with E-state index in [2.05, 4.69) is 26.4 Å². The van der Waals surface area contributed by atoms with E-state index in [9.17, 15) is 9.59 Å². The van der Waals surface area contributed by atoms with E-state index < -0.39 is 6.29 Å². The molecule has 0 radical (unpaired) electrons. The molecular weight excluding hydrogens is 392 g/mol. The zero-order chi connectivity index (χ0) is 21.6. The van der Waals surface area contributed by atoms with Crippen LogP contribution in [0.3, 0.4) is 0 Å². The average Bonchev–Trinajstić information content (AvgIpc) is 3.18. The largest absolute Gasteiger partial charge is 0.337 e. The van der Waals surface area contributed by atoms with Crippen molar-refractivity contribution in [1.29, 1.82) is 0 Å². The quantitative estimate of drug-likeness (QED) is 0.495. The zero-order valence-electron chi connectivity index (χ0n) is 17.3. The van der Waals surface area contributed by atoms with Crippen LogP contribution in [0.4, 0.5) is 10.6 Å². The number of benzene rings is 2. The molecule has 2 heterocycles. The van der Waals surface area contributed by atoms with Gasteiger partial charge in [0.15, 0.2) is 6.29 Å². The molecule has 0 spiro atoms. The van der Waals surface area contributed by atoms with Crippen LogP contribution in [0.15, 0.2) is 66.7 Å². The van der Waals surface area contributed by atoms with Crippen LogP contribution in [0.1, 0.15) is 25.2 Å². The molecule has 31 heavy (non-hydrogen) atoms. The van der Waals surface area contributed by atoms with Crippen LogP contribution in [-0.2, 0) is 11.2 Å². The highest BCUT2D eigenvalue weighted by Gasteiger charge is 2.27. The summed E-state index contributed by atoms with van der Waals surface area (Å²) in [6.07, 6.45) is 0.584. The molecule has 3 amide bonds. The van der Waals surface area contributed by atoms with E-state index in [-0.39, 0.29) is 18.0 Å². The minimum absolute atomic E-state index is 0.00401. The van der Waals surface area contributed by atoms with Crippen molar-refractivity contribution in [2.45, 2.75) is 32.1 Å². The first-order valence-electron chi connectivity index (χ1n) is 10.4. The topological polar surface area (TPSA) is 100 Å². The maximum Gasteiger partial charge on any atom is 0.320 e. The van der Waals surface area contributed by atoms with E-state index in [0.29, 0.717) is 24.5 Å². The Bertz CT molecular complexity index is 1030. The van der Waals surface area contributed by atoms with Gasteiger partial charge >= 0.3 is 6.03 Å². The number of urea groups is 1. The number of carbonyl (C=O) groups excluding carboxylic acids is 2. The summed E-state index contributed by atoms with van der Waals surface area (Å²) in [6, 6.07) is 21.1. The maximum absolute atomic E-state index is 12.5. The molecule has 4 N–H and O–H groups in total. The summed E-state index contributed by atoms with van der Waals surface area (Å²) in [5.41, 5.74) is 2.78. The highest BCUT2D eigenvalue weighted by molar-refractivity contribution is 5.89. The Morgan fingerprint density at radius 3 is 2.55 bits per heavy atom. The van der Waals surface area contributed by atoms with Gasteiger partial charge < -0.3 is 10.6 Å². The first-order valence-corrected chi connectivity index (χ1v) is 10.4. The van der Waals surface area contributed by atoms with Crippen molar-refractivity contribution >= 4 is 17.8 Å². The fourth-order valence-electron chi connectivity index (χ4n) is 3.55. The summed E-state index contributed by atoms with van der Waals surface area (Å²) in [4.78, 5) is 24.6. The minimum Gasteiger partial charge on any atom is -0.337 e. The van der Waals surface area contributed by atoms with E-state index in [0.717, 1.165) is 17.5 Å². The van der Waals surface area contributed by atoms with Crippen LogP contribution in [0.5, 0.6) is 0 Å². The highest BCUT2D eigenvalue weighted by Crippen LogP contribution is 2.24. The second kappa shape index (κ2) is 9.44. The Balaban J connectivity index is 1.50. The van der Waals surface area contributed by atoms with Gasteiger partial charge in [-0.3, -0.25) is 15.4 Å². The first kappa shape index (κ1) is 20.6. The van der Waals surface area contributed by atoms with Crippen molar-refractivity contribution in [3.63, 3.8) is 0 Å². The van der Waals surface area contributed by atoms with Crippen LogP contribution >= 0.6 is 0 Å². The highest BCUT2D eigenvalue weighted by atomic mass is 16.2. The minimum atomic E-state index is -0.548. The van der Waals surface area contributed by atoms with Gasteiger partial charge in [0.2, 0.25) is 5.91 Å². The van der Waals surface area contributed by atoms with Crippen LogP contribution in [-0.4, -0.2) is 34.3 Å². The van der Waals surface area contributed by atoms with Gasteiger partial charge in [0.1, 0.15) is 5.82 Å². The van der Waals surface area contributed by atoms with Crippen LogP contribution < -0.4 is 21.3 Å². The lowest BCUT2D eigenvalue weighted by Gasteiger charge is -2.30. The first-order chi connectivity index (χ1) is 15.1. The molecule has 1 aliphatic rings. The molecule has 1 saturated heterocycles. The lowest BCUT2D eigenvalue weighted by molar-refractivity contribution is -0.125. The molecule has 160 valence electrons. The Morgan fingerprint density at radius 1 is 1.13 bits per heavy atom. The van der Waals surface area contributed by atoms with Gasteiger partial charge in [0.05, 0.1) is 5.69 Å². The van der Waals surface area contributed by atoms with E-state index in [1.165, 1.54) is 0 Å². The lowest BCUT2D eigenvalue weighted by Crippen LogP contribution is -2.52. The summed E-state index contributed by atoms with van der Waals surface area (Å²) >= 11 is 0. The predicted octanol–water partition coefficient (Wildman–Crippen LogP) is 2.87. The van der Waals surface area contributed by atoms with Gasteiger partial charge in [-0.1, -0.05) is 60.7 Å². The number of hydrogen-bond donors (Lipinski definition) is 4. The number of amides is 3. The van der Waals surface area contributed by atoms with Crippen LogP contribution in [0.2, 0.25) is 0 Å². The summed E-state index contributed by atoms with van der Waals surface area (Å²) in [5.74, 6) is 0.425. The number of nitrogens with one attached hydrogen (secondary N) is 4. The number of carbonyl (C=O) groups is 2. The van der Waals surface area contributed by atoms with Crippen molar-refractivity contribution in [1.82, 2.24) is 25.7 Å². The maximum atomic E-state index is 12.5. The standard InChI is InChI=1S/C23H26N6O2/c1-16-14-21(30)27-22(25-16)29-20(15-19(28-29)18-10-6-3-7-11-18)26-23(31)24-13-12-17-8-4-2-5-9-17/h2-11,15-16,22,25H,12-14H2,1H3,(H,27,30)(H2,24,26,31). The summed E-state index contributed by atoms with van der Waals surface area (Å²) in [7, 11) is 0. The van der Waals surface area contributed by atoms with E-state index in [1.54, 1.807) is 10.7 Å². The van der Waals surface area contributed by atoms with Crippen LogP contribution in [0.25, 0.3) is 11.3 Å². The molecule has 1 aromatic heterocycles. The molecule has 0 aliphatic carbocycles. The molecule has 3 aromatic rings. The average molecular weight is 419 g/mol. The molecule has 2 aromatic carbocycles. The van der Waals surface area contributed by atoms with Gasteiger partial charge in [-0.15, -0.1) is 0 Å². The number of aromatic nitrogens is 2. The van der Waals surface area contributed by atoms with Crippen LogP contribution in [0, 0.1) is 0 Å². The second-order valence-corrected chi connectivity index (χ2v) is 7.58. The molecule has 2 atom stereocenters. The van der Waals surface area contributed by atoms with Gasteiger partial charge in [0, 0.05) is 30.6 Å². The van der Waals surface area contributed by atoms with Gasteiger partial charge in [-0.2, -0.15) is 5.10 Å². The molecule has 8 heteroatoms. The predicted molar refractivity (Wildman–Crippen MR) is 119 cm³/mol. The molecular formula is C23H26N6O2. The second-order valence-electron chi connectivity index (χ2n) is 7.58. The van der Waals surface area contributed by atoms with Crippen molar-refractivity contribution in [3.8, 4) is 11.3 Å². The third kappa shape index (κ3) is 5.29. The molecule has 0 bridgehead atoms. The Morgan fingerprint density at radius 2 is 1.84 bits per heavy atom. The van der Waals surface area contributed by atoms with Crippen molar-refractivity contribution < 1.29 is 9.59 Å². The number of anilines is 1. The molecule has 0 saturated carbocycles. The SMILES string of the molecule is CC1CC(=O)NC(n2nc(-c3ccccc3)cc2NC(=O)NCCc2ccccc2)N1. The number of nitrogens with zero attached hydrogens (tertiary/aromatic N) is 2.